The molecule has 1 aromatic carbocycles. The van der Waals surface area contributed by atoms with E-state index in [9.17, 15) is 0 Å². The normalized spacial score (nSPS) is 16.7. The molecule has 0 amide bonds. The first kappa shape index (κ1) is 13.4. The smallest absolute Gasteiger partial charge is 0.0405 e. The van der Waals surface area contributed by atoms with Crippen molar-refractivity contribution < 1.29 is 0 Å². The fraction of sp³-hybridized carbons (Fsp3) is 0.625. The van der Waals surface area contributed by atoms with Crippen LogP contribution in [0.15, 0.2) is 6.07 Å². The number of nitrogens with one attached hydrogen (secondary N) is 2. The largest absolute Gasteiger partial charge is 0.384 e. The molecule has 2 heteroatoms. The number of hydrogen-bond acceptors (Lipinski definition) is 2. The van der Waals surface area contributed by atoms with Crippen LogP contribution in [0.5, 0.6) is 0 Å². The lowest BCUT2D eigenvalue weighted by Crippen LogP contribution is -2.27. The maximum absolute atomic E-state index is 3.71. The molecule has 0 bridgehead atoms. The Morgan fingerprint density at radius 1 is 1.00 bits per heavy atom. The molecule has 1 fully saturated rings. The van der Waals surface area contributed by atoms with Gasteiger partial charge >= 0.3 is 0 Å². The maximum Gasteiger partial charge on any atom is 0.0405 e. The van der Waals surface area contributed by atoms with Crippen molar-refractivity contribution in [3.05, 3.63) is 28.3 Å². The minimum atomic E-state index is 0.505. The molecule has 0 aliphatic heterocycles. The van der Waals surface area contributed by atoms with Gasteiger partial charge in [-0.25, -0.2) is 0 Å². The van der Waals surface area contributed by atoms with Crippen LogP contribution in [-0.2, 0) is 0 Å². The molecule has 0 aromatic heterocycles. The second kappa shape index (κ2) is 4.93. The summed E-state index contributed by atoms with van der Waals surface area (Å²) in [6.45, 7) is 11.1. The number of hydrogen-bond donors (Lipinski definition) is 2. The summed E-state index contributed by atoms with van der Waals surface area (Å²) in [5, 5.41) is 7.03. The third-order valence-corrected chi connectivity index (χ3v) is 4.52. The van der Waals surface area contributed by atoms with E-state index in [-0.39, 0.29) is 0 Å². The Bertz CT molecular complexity index is 419. The lowest BCUT2D eigenvalue weighted by molar-refractivity contribution is 0.507. The lowest BCUT2D eigenvalue weighted by Gasteiger charge is -2.21. The summed E-state index contributed by atoms with van der Waals surface area (Å²) in [4.78, 5) is 0. The summed E-state index contributed by atoms with van der Waals surface area (Å²) in [6.07, 6.45) is 2.70. The van der Waals surface area contributed by atoms with Gasteiger partial charge < -0.3 is 10.6 Å². The summed E-state index contributed by atoms with van der Waals surface area (Å²) in [5.41, 5.74) is 7.44. The van der Waals surface area contributed by atoms with Crippen molar-refractivity contribution in [3.63, 3.8) is 0 Å². The van der Waals surface area contributed by atoms with Gasteiger partial charge in [-0.1, -0.05) is 6.07 Å². The Kier molecular flexibility index (Phi) is 3.67. The number of rotatable bonds is 5. The molecule has 1 aliphatic carbocycles. The van der Waals surface area contributed by atoms with Crippen molar-refractivity contribution in [1.82, 2.24) is 5.32 Å². The Balaban J connectivity index is 2.14. The molecule has 18 heavy (non-hydrogen) atoms. The van der Waals surface area contributed by atoms with Crippen molar-refractivity contribution in [2.45, 2.75) is 40.5 Å². The molecule has 2 nitrogen and oxygen atoms in total. The topological polar surface area (TPSA) is 24.1 Å². The molecule has 0 unspecified atom stereocenters. The molecule has 1 aromatic rings. The number of aryl methyl sites for hydroxylation is 2. The van der Waals surface area contributed by atoms with E-state index in [0.717, 1.165) is 13.1 Å². The van der Waals surface area contributed by atoms with Crippen molar-refractivity contribution >= 4 is 5.69 Å². The minimum Gasteiger partial charge on any atom is -0.384 e. The average molecular weight is 246 g/mol. The van der Waals surface area contributed by atoms with E-state index >= 15 is 0 Å². The molecule has 0 heterocycles. The van der Waals surface area contributed by atoms with E-state index in [1.54, 1.807) is 0 Å². The molecule has 100 valence electrons. The molecule has 0 atom stereocenters. The molecular formula is C16H26N2. The van der Waals surface area contributed by atoms with Crippen LogP contribution < -0.4 is 10.6 Å². The van der Waals surface area contributed by atoms with Crippen LogP contribution in [0.1, 0.15) is 35.1 Å². The van der Waals surface area contributed by atoms with Gasteiger partial charge in [0.05, 0.1) is 0 Å². The first-order chi connectivity index (χ1) is 8.49. The predicted molar refractivity (Wildman–Crippen MR) is 79.5 cm³/mol. The second-order valence-electron chi connectivity index (χ2n) is 6.02. The Morgan fingerprint density at radius 2 is 1.56 bits per heavy atom. The zero-order chi connectivity index (χ0) is 13.3. The highest BCUT2D eigenvalue weighted by Gasteiger charge is 2.41. The van der Waals surface area contributed by atoms with E-state index in [1.807, 2.05) is 7.05 Å². The quantitative estimate of drug-likeness (QED) is 0.832. The highest BCUT2D eigenvalue weighted by atomic mass is 14.9. The van der Waals surface area contributed by atoms with Gasteiger partial charge in [0.15, 0.2) is 0 Å². The van der Waals surface area contributed by atoms with Crippen LogP contribution in [0.25, 0.3) is 0 Å². The SMILES string of the molecule is CNCC1(CNc2c(C)c(C)cc(C)c2C)CC1. The monoisotopic (exact) mass is 246 g/mol. The first-order valence-corrected chi connectivity index (χ1v) is 6.95. The van der Waals surface area contributed by atoms with Crippen molar-refractivity contribution in [2.75, 3.05) is 25.5 Å². The Morgan fingerprint density at radius 3 is 2.00 bits per heavy atom. The molecule has 1 aliphatic rings. The first-order valence-electron chi connectivity index (χ1n) is 6.95. The van der Waals surface area contributed by atoms with Crippen LogP contribution in [0.2, 0.25) is 0 Å². The highest BCUT2D eigenvalue weighted by Crippen LogP contribution is 2.45. The van der Waals surface area contributed by atoms with Gasteiger partial charge in [0.2, 0.25) is 0 Å². The predicted octanol–water partition coefficient (Wildman–Crippen LogP) is 3.33. The van der Waals surface area contributed by atoms with Gasteiger partial charge in [-0.3, -0.25) is 0 Å². The summed E-state index contributed by atoms with van der Waals surface area (Å²) >= 11 is 0. The highest BCUT2D eigenvalue weighted by molar-refractivity contribution is 5.62. The van der Waals surface area contributed by atoms with Crippen LogP contribution in [0, 0.1) is 33.1 Å². The van der Waals surface area contributed by atoms with Crippen molar-refractivity contribution in [3.8, 4) is 0 Å². The summed E-state index contributed by atoms with van der Waals surface area (Å²) < 4.78 is 0. The summed E-state index contributed by atoms with van der Waals surface area (Å²) in [7, 11) is 2.05. The molecule has 2 rings (SSSR count). The van der Waals surface area contributed by atoms with E-state index < -0.39 is 0 Å². The zero-order valence-corrected chi connectivity index (χ0v) is 12.4. The number of benzene rings is 1. The van der Waals surface area contributed by atoms with Gasteiger partial charge in [0.1, 0.15) is 0 Å². The third-order valence-electron chi connectivity index (χ3n) is 4.52. The average Bonchev–Trinajstić information content (AvgIpc) is 3.07. The van der Waals surface area contributed by atoms with Gasteiger partial charge in [-0.2, -0.15) is 0 Å². The van der Waals surface area contributed by atoms with Crippen molar-refractivity contribution in [1.29, 1.82) is 0 Å². The van der Waals surface area contributed by atoms with Gasteiger partial charge in [0, 0.05) is 24.2 Å². The molecule has 0 spiro atoms. The number of anilines is 1. The maximum atomic E-state index is 3.71. The summed E-state index contributed by atoms with van der Waals surface area (Å²) in [5.74, 6) is 0. The van der Waals surface area contributed by atoms with Crippen LogP contribution in [0.4, 0.5) is 5.69 Å². The van der Waals surface area contributed by atoms with E-state index in [2.05, 4.69) is 44.4 Å². The van der Waals surface area contributed by atoms with Crippen LogP contribution >= 0.6 is 0 Å². The van der Waals surface area contributed by atoms with Gasteiger partial charge in [-0.05, 0) is 69.8 Å². The molecule has 0 saturated heterocycles. The van der Waals surface area contributed by atoms with Crippen LogP contribution in [-0.4, -0.2) is 20.1 Å². The molecular weight excluding hydrogens is 220 g/mol. The molecule has 0 radical (unpaired) electrons. The molecule has 2 N–H and O–H groups in total. The van der Waals surface area contributed by atoms with Gasteiger partial charge in [0.25, 0.3) is 0 Å². The zero-order valence-electron chi connectivity index (χ0n) is 12.4. The minimum absolute atomic E-state index is 0.505. The van der Waals surface area contributed by atoms with Crippen molar-refractivity contribution in [2.24, 2.45) is 5.41 Å². The third kappa shape index (κ3) is 2.54. The van der Waals surface area contributed by atoms with E-state index in [1.165, 1.54) is 40.8 Å². The fourth-order valence-electron chi connectivity index (χ4n) is 2.73. The standard InChI is InChI=1S/C16H26N2/c1-11-8-12(2)14(4)15(13(11)3)18-10-16(6-7-16)9-17-5/h8,17-18H,6-7,9-10H2,1-5H3. The summed E-state index contributed by atoms with van der Waals surface area (Å²) in [6, 6.07) is 2.29. The lowest BCUT2D eigenvalue weighted by atomic mass is 9.98. The Hall–Kier alpha value is -1.02. The fourth-order valence-corrected chi connectivity index (χ4v) is 2.73. The Labute approximate surface area is 111 Å². The van der Waals surface area contributed by atoms with Crippen LogP contribution in [0.3, 0.4) is 0 Å². The van der Waals surface area contributed by atoms with E-state index in [0.29, 0.717) is 5.41 Å². The van der Waals surface area contributed by atoms with E-state index in [4.69, 9.17) is 0 Å². The second-order valence-corrected chi connectivity index (χ2v) is 6.02. The molecule has 1 saturated carbocycles. The van der Waals surface area contributed by atoms with Gasteiger partial charge in [-0.15, -0.1) is 0 Å².